The van der Waals surface area contributed by atoms with E-state index in [2.05, 4.69) is 5.32 Å². The van der Waals surface area contributed by atoms with Crippen LogP contribution in [0.15, 0.2) is 41.8 Å². The van der Waals surface area contributed by atoms with E-state index in [4.69, 9.17) is 5.11 Å². The van der Waals surface area contributed by atoms with E-state index in [9.17, 15) is 9.59 Å². The number of hydrogen-bond acceptors (Lipinski definition) is 3. The van der Waals surface area contributed by atoms with Gasteiger partial charge >= 0.3 is 5.97 Å². The third-order valence-corrected chi connectivity index (χ3v) is 4.98. The molecule has 1 aliphatic rings. The number of carbonyl (C=O) groups is 2. The Morgan fingerprint density at radius 2 is 1.86 bits per heavy atom. The van der Waals surface area contributed by atoms with Crippen LogP contribution >= 0.6 is 11.3 Å². The van der Waals surface area contributed by atoms with E-state index in [1.165, 1.54) is 0 Å². The second kappa shape index (κ2) is 5.33. The maximum absolute atomic E-state index is 12.7. The number of rotatable bonds is 4. The average Bonchev–Trinajstić information content (AvgIpc) is 2.87. The second-order valence-corrected chi connectivity index (χ2v) is 6.14. The molecular formula is C16H15NO3S. The highest BCUT2D eigenvalue weighted by Crippen LogP contribution is 2.44. The number of anilines is 1. The predicted octanol–water partition coefficient (Wildman–Crippen LogP) is 3.51. The molecule has 2 N–H and O–H groups in total. The number of benzene rings is 1. The molecule has 1 heterocycles. The fraction of sp³-hybridized carbons (Fsp3) is 0.250. The number of carboxylic acid groups (broad SMARTS) is 1. The van der Waals surface area contributed by atoms with E-state index >= 15 is 0 Å². The molecule has 2 aromatic rings. The predicted molar refractivity (Wildman–Crippen MR) is 81.9 cm³/mol. The maximum atomic E-state index is 12.7. The van der Waals surface area contributed by atoms with Gasteiger partial charge in [-0.1, -0.05) is 36.8 Å². The molecule has 21 heavy (non-hydrogen) atoms. The van der Waals surface area contributed by atoms with Gasteiger partial charge in [-0.2, -0.15) is 0 Å². The standard InChI is InChI=1S/C16H15NO3S/c18-14(19)13-12(7-10-21-13)17-15(20)16(8-4-9-16)11-5-2-1-3-6-11/h1-3,5-7,10H,4,8-9H2,(H,17,20)(H,18,19). The molecule has 108 valence electrons. The van der Waals surface area contributed by atoms with Crippen molar-refractivity contribution < 1.29 is 14.7 Å². The molecule has 0 radical (unpaired) electrons. The number of aromatic carboxylic acids is 1. The lowest BCUT2D eigenvalue weighted by molar-refractivity contribution is -0.124. The number of thiophene rings is 1. The third kappa shape index (κ3) is 2.34. The van der Waals surface area contributed by atoms with Crippen molar-refractivity contribution in [3.05, 3.63) is 52.2 Å². The Kier molecular flexibility index (Phi) is 3.51. The highest BCUT2D eigenvalue weighted by Gasteiger charge is 2.45. The van der Waals surface area contributed by atoms with Crippen LogP contribution in [0.1, 0.15) is 34.5 Å². The molecule has 1 aromatic carbocycles. The molecule has 0 aliphatic heterocycles. The van der Waals surface area contributed by atoms with Crippen molar-refractivity contribution in [3.8, 4) is 0 Å². The van der Waals surface area contributed by atoms with Gasteiger partial charge in [0.25, 0.3) is 0 Å². The van der Waals surface area contributed by atoms with E-state index in [0.717, 1.165) is 36.2 Å². The summed E-state index contributed by atoms with van der Waals surface area (Å²) in [6, 6.07) is 11.3. The molecule has 1 amide bonds. The summed E-state index contributed by atoms with van der Waals surface area (Å²) < 4.78 is 0. The topological polar surface area (TPSA) is 66.4 Å². The molecule has 3 rings (SSSR count). The smallest absolute Gasteiger partial charge is 0.348 e. The van der Waals surface area contributed by atoms with Crippen molar-refractivity contribution in [1.29, 1.82) is 0 Å². The normalized spacial score (nSPS) is 16.0. The van der Waals surface area contributed by atoms with Crippen LogP contribution in [0, 0.1) is 0 Å². The van der Waals surface area contributed by atoms with Gasteiger partial charge in [-0.25, -0.2) is 4.79 Å². The molecule has 0 unspecified atom stereocenters. The molecule has 0 atom stereocenters. The minimum atomic E-state index is -1.01. The summed E-state index contributed by atoms with van der Waals surface area (Å²) in [4.78, 5) is 24.0. The van der Waals surface area contributed by atoms with Crippen molar-refractivity contribution in [2.24, 2.45) is 0 Å². The van der Waals surface area contributed by atoms with Crippen molar-refractivity contribution in [3.63, 3.8) is 0 Å². The van der Waals surface area contributed by atoms with Crippen LogP contribution in [0.5, 0.6) is 0 Å². The monoisotopic (exact) mass is 301 g/mol. The molecule has 4 nitrogen and oxygen atoms in total. The molecule has 1 aliphatic carbocycles. The Morgan fingerprint density at radius 3 is 2.43 bits per heavy atom. The van der Waals surface area contributed by atoms with E-state index in [0.29, 0.717) is 5.69 Å². The highest BCUT2D eigenvalue weighted by molar-refractivity contribution is 7.12. The molecule has 0 spiro atoms. The fourth-order valence-electron chi connectivity index (χ4n) is 2.75. The van der Waals surface area contributed by atoms with Gasteiger partial charge in [-0.15, -0.1) is 11.3 Å². The molecule has 1 saturated carbocycles. The summed E-state index contributed by atoms with van der Waals surface area (Å²) in [5, 5.41) is 13.6. The van der Waals surface area contributed by atoms with E-state index in [-0.39, 0.29) is 10.8 Å². The molecule has 0 saturated heterocycles. The Hall–Kier alpha value is -2.14. The van der Waals surface area contributed by atoms with Crippen molar-refractivity contribution in [1.82, 2.24) is 0 Å². The summed E-state index contributed by atoms with van der Waals surface area (Å²) in [6.07, 6.45) is 2.61. The third-order valence-electron chi connectivity index (χ3n) is 4.08. The van der Waals surface area contributed by atoms with Gasteiger partial charge in [0.1, 0.15) is 4.88 Å². The van der Waals surface area contributed by atoms with Gasteiger partial charge in [-0.3, -0.25) is 4.79 Å². The lowest BCUT2D eigenvalue weighted by Crippen LogP contribution is -2.46. The maximum Gasteiger partial charge on any atom is 0.348 e. The van der Waals surface area contributed by atoms with Crippen molar-refractivity contribution in [2.75, 3.05) is 5.32 Å². The molecule has 1 aromatic heterocycles. The van der Waals surface area contributed by atoms with Crippen LogP contribution in [-0.4, -0.2) is 17.0 Å². The summed E-state index contributed by atoms with van der Waals surface area (Å²) >= 11 is 1.12. The zero-order valence-electron chi connectivity index (χ0n) is 11.3. The Labute approximate surface area is 126 Å². The number of carboxylic acids is 1. The average molecular weight is 301 g/mol. The largest absolute Gasteiger partial charge is 0.477 e. The first kappa shape index (κ1) is 13.8. The summed E-state index contributed by atoms with van der Waals surface area (Å²) in [7, 11) is 0. The van der Waals surface area contributed by atoms with E-state index in [1.54, 1.807) is 11.4 Å². The quantitative estimate of drug-likeness (QED) is 0.908. The Morgan fingerprint density at radius 1 is 1.14 bits per heavy atom. The number of carbonyl (C=O) groups excluding carboxylic acids is 1. The highest BCUT2D eigenvalue weighted by atomic mass is 32.1. The van der Waals surface area contributed by atoms with Gasteiger partial charge in [0, 0.05) is 0 Å². The molecular weight excluding hydrogens is 286 g/mol. The number of nitrogens with one attached hydrogen (secondary N) is 1. The van der Waals surface area contributed by atoms with Gasteiger partial charge in [0.05, 0.1) is 11.1 Å². The first-order valence-electron chi connectivity index (χ1n) is 6.81. The van der Waals surface area contributed by atoms with Crippen LogP contribution < -0.4 is 5.32 Å². The van der Waals surface area contributed by atoms with Crippen molar-refractivity contribution >= 4 is 28.9 Å². The zero-order valence-corrected chi connectivity index (χ0v) is 12.2. The minimum Gasteiger partial charge on any atom is -0.477 e. The number of amides is 1. The van der Waals surface area contributed by atoms with E-state index < -0.39 is 11.4 Å². The Bertz CT molecular complexity index is 674. The molecule has 5 heteroatoms. The van der Waals surface area contributed by atoms with Crippen LogP contribution in [0.3, 0.4) is 0 Å². The molecule has 1 fully saturated rings. The minimum absolute atomic E-state index is 0.110. The van der Waals surface area contributed by atoms with Gasteiger partial charge in [0.2, 0.25) is 5.91 Å². The van der Waals surface area contributed by atoms with Crippen LogP contribution in [0.4, 0.5) is 5.69 Å². The first-order chi connectivity index (χ1) is 10.1. The summed E-state index contributed by atoms with van der Waals surface area (Å²) in [5.41, 5.74) is 0.874. The Balaban J connectivity index is 1.87. The van der Waals surface area contributed by atoms with Crippen LogP contribution in [0.2, 0.25) is 0 Å². The van der Waals surface area contributed by atoms with Gasteiger partial charge in [0.15, 0.2) is 0 Å². The summed E-state index contributed by atoms with van der Waals surface area (Å²) in [5.74, 6) is -1.12. The van der Waals surface area contributed by atoms with Crippen molar-refractivity contribution in [2.45, 2.75) is 24.7 Å². The summed E-state index contributed by atoms with van der Waals surface area (Å²) in [6.45, 7) is 0. The lowest BCUT2D eigenvalue weighted by atomic mass is 9.64. The zero-order chi connectivity index (χ0) is 14.9. The second-order valence-electron chi connectivity index (χ2n) is 5.22. The lowest BCUT2D eigenvalue weighted by Gasteiger charge is -2.40. The van der Waals surface area contributed by atoms with Crippen LogP contribution in [-0.2, 0) is 10.2 Å². The van der Waals surface area contributed by atoms with Crippen LogP contribution in [0.25, 0.3) is 0 Å². The number of hydrogen-bond donors (Lipinski definition) is 2. The SMILES string of the molecule is O=C(O)c1sccc1NC(=O)C1(c2ccccc2)CCC1. The van der Waals surface area contributed by atoms with Gasteiger partial charge < -0.3 is 10.4 Å². The van der Waals surface area contributed by atoms with E-state index in [1.807, 2.05) is 30.3 Å². The first-order valence-corrected chi connectivity index (χ1v) is 7.69. The van der Waals surface area contributed by atoms with Gasteiger partial charge in [-0.05, 0) is 29.9 Å². The molecule has 0 bridgehead atoms. The fourth-order valence-corrected chi connectivity index (χ4v) is 3.44.